The van der Waals surface area contributed by atoms with Crippen LogP contribution in [0.2, 0.25) is 10.0 Å². The quantitative estimate of drug-likeness (QED) is 0.295. The second-order valence-corrected chi connectivity index (χ2v) is 8.64. The molecule has 0 radical (unpaired) electrons. The van der Waals surface area contributed by atoms with E-state index in [2.05, 4.69) is 0 Å². The molecule has 1 saturated heterocycles. The van der Waals surface area contributed by atoms with E-state index in [0.29, 0.717) is 24.2 Å². The van der Waals surface area contributed by atoms with Gasteiger partial charge < -0.3 is 9.84 Å². The van der Waals surface area contributed by atoms with E-state index in [-0.39, 0.29) is 27.1 Å². The fourth-order valence-electron chi connectivity index (χ4n) is 4.23. The van der Waals surface area contributed by atoms with Crippen LogP contribution in [0, 0.1) is 5.82 Å². The van der Waals surface area contributed by atoms with Crippen molar-refractivity contribution in [1.29, 1.82) is 0 Å². The van der Waals surface area contributed by atoms with Gasteiger partial charge in [-0.1, -0.05) is 35.3 Å². The number of Topliss-reactive ketones (excluding diaryl/α,β-unsaturated/α-hetero) is 1. The van der Waals surface area contributed by atoms with Gasteiger partial charge in [-0.3, -0.25) is 14.5 Å². The van der Waals surface area contributed by atoms with Crippen LogP contribution in [0.5, 0.6) is 5.75 Å². The summed E-state index contributed by atoms with van der Waals surface area (Å²) >= 11 is 12.3. The Bertz CT molecular complexity index is 1320. The van der Waals surface area contributed by atoms with Crippen molar-refractivity contribution >= 4 is 46.3 Å². The van der Waals surface area contributed by atoms with Gasteiger partial charge in [-0.15, -0.1) is 0 Å². The molecule has 0 aromatic heterocycles. The number of hydrogen-bond donors (Lipinski definition) is 1. The summed E-state index contributed by atoms with van der Waals surface area (Å²) in [7, 11) is 0. The zero-order valence-corrected chi connectivity index (χ0v) is 18.5. The van der Waals surface area contributed by atoms with Crippen LogP contribution in [0.25, 0.3) is 5.76 Å². The molecule has 0 bridgehead atoms. The van der Waals surface area contributed by atoms with Crippen molar-refractivity contribution in [3.05, 3.63) is 98.8 Å². The first-order valence-corrected chi connectivity index (χ1v) is 10.9. The maximum atomic E-state index is 13.6. The lowest BCUT2D eigenvalue weighted by Crippen LogP contribution is -2.29. The van der Waals surface area contributed by atoms with E-state index in [1.807, 2.05) is 0 Å². The first kappa shape index (κ1) is 21.5. The third-order valence-electron chi connectivity index (χ3n) is 5.72. The number of ether oxygens (including phenoxy) is 1. The molecule has 2 aliphatic rings. The second-order valence-electron chi connectivity index (χ2n) is 7.77. The fraction of sp³-hybridized carbons (Fsp3) is 0.120. The maximum absolute atomic E-state index is 13.6. The molecule has 1 N–H and O–H groups in total. The zero-order chi connectivity index (χ0) is 23.3. The molecular formula is C25H16Cl2FNO4. The number of carbonyl (C=O) groups is 2. The smallest absolute Gasteiger partial charge is 0.300 e. The number of halogens is 3. The highest BCUT2D eigenvalue weighted by molar-refractivity contribution is 6.52. The number of fused-ring (bicyclic) bond motifs is 1. The van der Waals surface area contributed by atoms with Gasteiger partial charge in [0.25, 0.3) is 11.7 Å². The van der Waals surface area contributed by atoms with Crippen molar-refractivity contribution in [2.75, 3.05) is 11.5 Å². The van der Waals surface area contributed by atoms with Crippen LogP contribution in [-0.2, 0) is 16.0 Å². The summed E-state index contributed by atoms with van der Waals surface area (Å²) in [5.41, 5.74) is 1.89. The van der Waals surface area contributed by atoms with Crippen LogP contribution in [0.1, 0.15) is 22.7 Å². The summed E-state index contributed by atoms with van der Waals surface area (Å²) in [5.74, 6) is -1.80. The van der Waals surface area contributed by atoms with E-state index in [1.54, 1.807) is 18.2 Å². The summed E-state index contributed by atoms with van der Waals surface area (Å²) < 4.78 is 19.2. The van der Waals surface area contributed by atoms with Gasteiger partial charge >= 0.3 is 0 Å². The largest absolute Gasteiger partial charge is 0.507 e. The fourth-order valence-corrected chi connectivity index (χ4v) is 4.74. The number of nitrogens with zero attached hydrogens (tertiary/aromatic N) is 1. The molecule has 3 aromatic rings. The SMILES string of the molecule is O=C1C(=O)N(c2cc(Cl)cc(Cl)c2)C(c2ccc(F)cc2)/C1=C(/O)c1ccc2c(c1)CCO2. The lowest BCUT2D eigenvalue weighted by atomic mass is 9.94. The number of benzene rings is 3. The Morgan fingerprint density at radius 3 is 2.39 bits per heavy atom. The van der Waals surface area contributed by atoms with Crippen LogP contribution in [0.15, 0.2) is 66.2 Å². The molecule has 5 nitrogen and oxygen atoms in total. The van der Waals surface area contributed by atoms with E-state index < -0.39 is 23.5 Å². The van der Waals surface area contributed by atoms with Crippen molar-refractivity contribution in [2.24, 2.45) is 0 Å². The average Bonchev–Trinajstić information content (AvgIpc) is 3.35. The molecular weight excluding hydrogens is 468 g/mol. The Balaban J connectivity index is 1.72. The number of amides is 1. The van der Waals surface area contributed by atoms with Gasteiger partial charge in [0.15, 0.2) is 0 Å². The van der Waals surface area contributed by atoms with Gasteiger partial charge in [-0.2, -0.15) is 0 Å². The molecule has 0 aliphatic carbocycles. The first-order chi connectivity index (χ1) is 15.8. The molecule has 166 valence electrons. The van der Waals surface area contributed by atoms with Crippen molar-refractivity contribution in [2.45, 2.75) is 12.5 Å². The standard InChI is InChI=1S/C25H16Cl2FNO4/c26-16-10-17(27)12-19(11-16)29-22(13-1-4-18(28)5-2-13)21(24(31)25(29)32)23(30)15-3-6-20-14(9-15)7-8-33-20/h1-6,9-12,22,30H,7-8H2/b23-21-. The molecule has 0 saturated carbocycles. The molecule has 1 unspecified atom stereocenters. The summed E-state index contributed by atoms with van der Waals surface area (Å²) in [6.45, 7) is 0.537. The molecule has 1 amide bonds. The minimum Gasteiger partial charge on any atom is -0.507 e. The predicted octanol–water partition coefficient (Wildman–Crippen LogP) is 5.69. The van der Waals surface area contributed by atoms with E-state index in [1.165, 1.54) is 47.4 Å². The maximum Gasteiger partial charge on any atom is 0.300 e. The normalized spacial score (nSPS) is 19.0. The van der Waals surface area contributed by atoms with E-state index in [9.17, 15) is 19.1 Å². The van der Waals surface area contributed by atoms with Gasteiger partial charge in [0.2, 0.25) is 0 Å². The van der Waals surface area contributed by atoms with Crippen molar-refractivity contribution in [3.63, 3.8) is 0 Å². The highest BCUT2D eigenvalue weighted by atomic mass is 35.5. The Kier molecular flexibility index (Phi) is 5.35. The summed E-state index contributed by atoms with van der Waals surface area (Å²) in [6.07, 6.45) is 0.674. The van der Waals surface area contributed by atoms with E-state index >= 15 is 0 Å². The highest BCUT2D eigenvalue weighted by Crippen LogP contribution is 2.43. The molecule has 0 spiro atoms. The van der Waals surface area contributed by atoms with Crippen LogP contribution >= 0.6 is 23.2 Å². The third-order valence-corrected chi connectivity index (χ3v) is 6.15. The van der Waals surface area contributed by atoms with E-state index in [0.717, 1.165) is 11.3 Å². The minimum absolute atomic E-state index is 0.110. The van der Waals surface area contributed by atoms with Gasteiger partial charge in [-0.25, -0.2) is 4.39 Å². The summed E-state index contributed by atoms with van der Waals surface area (Å²) in [6, 6.07) is 14.0. The number of aliphatic hydroxyl groups excluding tert-OH is 1. The molecule has 33 heavy (non-hydrogen) atoms. The average molecular weight is 484 g/mol. The molecule has 2 aliphatic heterocycles. The number of hydrogen-bond acceptors (Lipinski definition) is 4. The van der Waals surface area contributed by atoms with Gasteiger partial charge in [-0.05, 0) is 59.7 Å². The predicted molar refractivity (Wildman–Crippen MR) is 123 cm³/mol. The Morgan fingerprint density at radius 2 is 1.70 bits per heavy atom. The molecule has 8 heteroatoms. The van der Waals surface area contributed by atoms with Crippen LogP contribution in [0.3, 0.4) is 0 Å². The molecule has 5 rings (SSSR count). The molecule has 1 atom stereocenters. The molecule has 3 aromatic carbocycles. The molecule has 1 fully saturated rings. The number of ketones is 1. The first-order valence-electron chi connectivity index (χ1n) is 10.1. The minimum atomic E-state index is -1.01. The Hall–Kier alpha value is -3.35. The number of carbonyl (C=O) groups excluding carboxylic acids is 2. The highest BCUT2D eigenvalue weighted by Gasteiger charge is 2.47. The van der Waals surface area contributed by atoms with Crippen LogP contribution in [-0.4, -0.2) is 23.4 Å². The zero-order valence-electron chi connectivity index (χ0n) is 17.0. The summed E-state index contributed by atoms with van der Waals surface area (Å²) in [5, 5.41) is 11.8. The summed E-state index contributed by atoms with van der Waals surface area (Å²) in [4.78, 5) is 27.6. The van der Waals surface area contributed by atoms with Gasteiger partial charge in [0, 0.05) is 27.7 Å². The van der Waals surface area contributed by atoms with E-state index in [4.69, 9.17) is 27.9 Å². The van der Waals surface area contributed by atoms with Gasteiger partial charge in [0.05, 0.1) is 18.2 Å². The number of rotatable bonds is 3. The number of aliphatic hydroxyl groups is 1. The lowest BCUT2D eigenvalue weighted by molar-refractivity contribution is -0.132. The second kappa shape index (κ2) is 8.21. The van der Waals surface area contributed by atoms with Crippen molar-refractivity contribution in [3.8, 4) is 5.75 Å². The topological polar surface area (TPSA) is 66.8 Å². The van der Waals surface area contributed by atoms with Crippen molar-refractivity contribution in [1.82, 2.24) is 0 Å². The van der Waals surface area contributed by atoms with Gasteiger partial charge in [0.1, 0.15) is 17.3 Å². The third kappa shape index (κ3) is 3.75. The van der Waals surface area contributed by atoms with Crippen molar-refractivity contribution < 1.29 is 23.8 Å². The Morgan fingerprint density at radius 1 is 1.00 bits per heavy atom. The van der Waals surface area contributed by atoms with Crippen LogP contribution < -0.4 is 9.64 Å². The number of anilines is 1. The lowest BCUT2D eigenvalue weighted by Gasteiger charge is -2.25. The Labute approximate surface area is 198 Å². The monoisotopic (exact) mass is 483 g/mol. The molecule has 2 heterocycles. The van der Waals surface area contributed by atoms with Crippen LogP contribution in [0.4, 0.5) is 10.1 Å².